The molecule has 10 rings (SSSR count). The second kappa shape index (κ2) is 17.1. The first kappa shape index (κ1) is 40.3. The van der Waals surface area contributed by atoms with E-state index in [1.807, 2.05) is 42.1 Å². The van der Waals surface area contributed by atoms with E-state index in [1.165, 1.54) is 16.7 Å². The molecule has 0 aromatic heterocycles. The van der Waals surface area contributed by atoms with Crippen LogP contribution in [0.5, 0.6) is 46.0 Å². The Balaban J connectivity index is 1.06. The maximum Gasteiger partial charge on any atom is 0.315 e. The van der Waals surface area contributed by atoms with Gasteiger partial charge in [0.05, 0.1) is 33.4 Å². The summed E-state index contributed by atoms with van der Waals surface area (Å²) in [5.74, 6) is 5.18. The molecule has 60 heavy (non-hydrogen) atoms. The van der Waals surface area contributed by atoms with Gasteiger partial charge in [0.25, 0.3) is 0 Å². The highest BCUT2D eigenvalue weighted by Crippen LogP contribution is 2.52. The highest BCUT2D eigenvalue weighted by Gasteiger charge is 2.42. The standard InChI is InChI=1S/C47H54N4O8S/c1-50-18-16-29-23-37(54-3)39-25-32(29)34(50)20-27-10-13-31(14-11-27)57-38-22-28(21-35-43-30(17-19-51(35)2)24-40(55-4)45(56-5)46(43)59-39)12-15-36(38)58-42(52)9-7-6-8-41-44-33(26-60-41)48-47(53)49-44/h10-15,22-25,33-35,41,44H,6-9,16-21,26H2,1-5H3,(H2,48,49,53)/t33-,34-,35+,41-,44-/m0/s1. The number of rotatable bonds is 9. The molecule has 6 aliphatic rings. The molecule has 4 aromatic rings. The lowest BCUT2D eigenvalue weighted by atomic mass is 9.87. The highest BCUT2D eigenvalue weighted by atomic mass is 32.2. The fourth-order valence-corrected chi connectivity index (χ4v) is 11.2. The van der Waals surface area contributed by atoms with Crippen LogP contribution in [0.2, 0.25) is 0 Å². The van der Waals surface area contributed by atoms with Crippen LogP contribution < -0.4 is 39.1 Å². The van der Waals surface area contributed by atoms with Crippen LogP contribution in [0.25, 0.3) is 0 Å². The topological polar surface area (TPSA) is 120 Å². The van der Waals surface area contributed by atoms with Gasteiger partial charge < -0.3 is 39.1 Å². The summed E-state index contributed by atoms with van der Waals surface area (Å²) >= 11 is 1.89. The molecule has 6 bridgehead atoms. The fraction of sp³-hybridized carbons (Fsp3) is 0.447. The summed E-state index contributed by atoms with van der Waals surface area (Å²) in [6.45, 7) is 1.75. The zero-order valence-corrected chi connectivity index (χ0v) is 35.8. The summed E-state index contributed by atoms with van der Waals surface area (Å²) in [7, 11) is 9.32. The van der Waals surface area contributed by atoms with Gasteiger partial charge in [0, 0.05) is 48.2 Å². The van der Waals surface area contributed by atoms with E-state index < -0.39 is 0 Å². The smallest absolute Gasteiger partial charge is 0.315 e. The number of methoxy groups -OCH3 is 3. The molecular weight excluding hydrogens is 781 g/mol. The van der Waals surface area contributed by atoms with Crippen LogP contribution in [0.15, 0.2) is 60.7 Å². The SMILES string of the molecule is COc1cc2c3cc1Oc1c(OC)c(OC)cc4c1[C@@H](Cc1ccc(OC(=O)CCCC[C@@H]5SC[C@@H]6NC(=O)N[C@@H]65)c(c1)Oc1ccc(cc1)C[C@@H]3N(C)CC2)N(C)CC4. The van der Waals surface area contributed by atoms with Crippen LogP contribution in [-0.4, -0.2) is 93.4 Å². The number of likely N-dealkylation sites (N-methyl/N-ethyl adjacent to an activating group) is 2. The van der Waals surface area contributed by atoms with E-state index in [4.69, 9.17) is 28.4 Å². The number of hydrogen-bond donors (Lipinski definition) is 2. The van der Waals surface area contributed by atoms with E-state index in [-0.39, 0.29) is 42.6 Å². The second-order valence-electron chi connectivity index (χ2n) is 16.6. The van der Waals surface area contributed by atoms with Crippen molar-refractivity contribution in [1.82, 2.24) is 20.4 Å². The summed E-state index contributed by atoms with van der Waals surface area (Å²) in [4.78, 5) is 30.0. The number of carbonyl (C=O) groups excluding carboxylic acids is 2. The normalized spacial score (nSPS) is 23.1. The first-order valence-electron chi connectivity index (χ1n) is 21.1. The number of thioether (sulfide) groups is 1. The molecule has 4 aromatic carbocycles. The lowest BCUT2D eigenvalue weighted by Gasteiger charge is -2.37. The number of nitrogens with zero attached hydrogens (tertiary/aromatic N) is 2. The Kier molecular flexibility index (Phi) is 11.5. The predicted molar refractivity (Wildman–Crippen MR) is 231 cm³/mol. The molecule has 316 valence electrons. The average Bonchev–Trinajstić information content (AvgIpc) is 3.81. The molecule has 2 amide bonds. The van der Waals surface area contributed by atoms with Crippen LogP contribution in [0, 0.1) is 0 Å². The lowest BCUT2D eigenvalue weighted by molar-refractivity contribution is -0.134. The fourth-order valence-electron chi connectivity index (χ4n) is 9.62. The zero-order valence-electron chi connectivity index (χ0n) is 35.0. The van der Waals surface area contributed by atoms with Gasteiger partial charge in [-0.25, -0.2) is 4.79 Å². The molecule has 6 heterocycles. The summed E-state index contributed by atoms with van der Waals surface area (Å²) in [6.07, 6.45) is 5.89. The number of benzene rings is 4. The van der Waals surface area contributed by atoms with E-state index in [0.29, 0.717) is 64.1 Å². The van der Waals surface area contributed by atoms with Gasteiger partial charge in [-0.1, -0.05) is 24.6 Å². The summed E-state index contributed by atoms with van der Waals surface area (Å²) in [5, 5.41) is 6.40. The van der Waals surface area contributed by atoms with Crippen molar-refractivity contribution < 1.29 is 38.0 Å². The number of fused-ring (bicyclic) bond motifs is 3. The number of urea groups is 1. The lowest BCUT2D eigenvalue weighted by Crippen LogP contribution is -2.36. The minimum Gasteiger partial charge on any atom is -0.493 e. The van der Waals surface area contributed by atoms with Crippen LogP contribution in [-0.2, 0) is 30.5 Å². The first-order chi connectivity index (χ1) is 29.2. The Morgan fingerprint density at radius 1 is 0.783 bits per heavy atom. The highest BCUT2D eigenvalue weighted by molar-refractivity contribution is 8.00. The maximum atomic E-state index is 13.4. The van der Waals surface area contributed by atoms with Gasteiger partial charge >= 0.3 is 12.0 Å². The van der Waals surface area contributed by atoms with Crippen molar-refractivity contribution in [3.63, 3.8) is 0 Å². The van der Waals surface area contributed by atoms with Crippen molar-refractivity contribution >= 4 is 23.8 Å². The van der Waals surface area contributed by atoms with Crippen molar-refractivity contribution in [1.29, 1.82) is 0 Å². The quantitative estimate of drug-likeness (QED) is 0.0745. The van der Waals surface area contributed by atoms with Gasteiger partial charge in [-0.3, -0.25) is 14.6 Å². The summed E-state index contributed by atoms with van der Waals surface area (Å²) in [6, 6.07) is 20.7. The average molecular weight is 835 g/mol. The zero-order chi connectivity index (χ0) is 41.5. The third kappa shape index (κ3) is 7.94. The Bertz CT molecular complexity index is 2270. The number of esters is 1. The van der Waals surface area contributed by atoms with Crippen molar-refractivity contribution in [2.75, 3.05) is 54.3 Å². The number of hydrogen-bond acceptors (Lipinski definition) is 11. The largest absolute Gasteiger partial charge is 0.493 e. The van der Waals surface area contributed by atoms with Gasteiger partial charge in [0.1, 0.15) is 5.75 Å². The molecule has 2 saturated heterocycles. The Morgan fingerprint density at radius 3 is 2.28 bits per heavy atom. The minimum atomic E-state index is -0.302. The van der Waals surface area contributed by atoms with Gasteiger partial charge in [0.2, 0.25) is 5.75 Å². The molecule has 12 nitrogen and oxygen atoms in total. The van der Waals surface area contributed by atoms with Gasteiger partial charge in [-0.2, -0.15) is 11.8 Å². The van der Waals surface area contributed by atoms with E-state index in [1.54, 1.807) is 21.3 Å². The van der Waals surface area contributed by atoms with E-state index >= 15 is 0 Å². The first-order valence-corrected chi connectivity index (χ1v) is 22.1. The van der Waals surface area contributed by atoms with Crippen LogP contribution in [0.1, 0.15) is 71.1 Å². The van der Waals surface area contributed by atoms with Crippen LogP contribution in [0.4, 0.5) is 4.79 Å². The van der Waals surface area contributed by atoms with Gasteiger partial charge in [-0.05, 0) is 123 Å². The van der Waals surface area contributed by atoms with Crippen molar-refractivity contribution in [2.45, 2.75) is 80.8 Å². The number of ether oxygens (including phenoxy) is 6. The van der Waals surface area contributed by atoms with Crippen LogP contribution in [0.3, 0.4) is 0 Å². The molecule has 6 aliphatic heterocycles. The van der Waals surface area contributed by atoms with Crippen molar-refractivity contribution in [3.05, 3.63) is 94.0 Å². The molecule has 5 atom stereocenters. The third-order valence-corrected chi connectivity index (χ3v) is 14.4. The molecule has 0 unspecified atom stereocenters. The molecule has 2 N–H and O–H groups in total. The molecule has 2 fully saturated rings. The van der Waals surface area contributed by atoms with Crippen molar-refractivity contribution in [2.24, 2.45) is 0 Å². The predicted octanol–water partition coefficient (Wildman–Crippen LogP) is 7.79. The van der Waals surface area contributed by atoms with Gasteiger partial charge in [-0.15, -0.1) is 0 Å². The third-order valence-electron chi connectivity index (χ3n) is 12.9. The minimum absolute atomic E-state index is 0.0824. The number of nitrogens with one attached hydrogen (secondary N) is 2. The number of unbranched alkanes of at least 4 members (excludes halogenated alkanes) is 1. The van der Waals surface area contributed by atoms with Crippen LogP contribution >= 0.6 is 11.8 Å². The van der Waals surface area contributed by atoms with Gasteiger partial charge in [0.15, 0.2) is 34.5 Å². The molecule has 13 heteroatoms. The van der Waals surface area contributed by atoms with E-state index in [2.05, 4.69) is 64.9 Å². The molecule has 0 spiro atoms. The number of carbonyl (C=O) groups is 2. The molecular formula is C47H54N4O8S. The second-order valence-corrected chi connectivity index (χ2v) is 17.9. The Hall–Kier alpha value is -5.11. The molecule has 0 radical (unpaired) electrons. The monoisotopic (exact) mass is 834 g/mol. The Morgan fingerprint density at radius 2 is 1.50 bits per heavy atom. The molecule has 0 aliphatic carbocycles. The van der Waals surface area contributed by atoms with Crippen molar-refractivity contribution in [3.8, 4) is 46.0 Å². The number of amides is 2. The Labute approximate surface area is 356 Å². The summed E-state index contributed by atoms with van der Waals surface area (Å²) in [5.41, 5.74) is 6.79. The van der Waals surface area contributed by atoms with E-state index in [0.717, 1.165) is 67.6 Å². The summed E-state index contributed by atoms with van der Waals surface area (Å²) < 4.78 is 37.8. The maximum absolute atomic E-state index is 13.4. The van der Waals surface area contributed by atoms with E-state index in [9.17, 15) is 9.59 Å². The molecule has 0 saturated carbocycles.